The predicted molar refractivity (Wildman–Crippen MR) is 123 cm³/mol. The normalized spacial score (nSPS) is 11.0. The number of rotatable bonds is 6. The summed E-state index contributed by atoms with van der Waals surface area (Å²) in [5.74, 6) is 0.388. The van der Waals surface area contributed by atoms with Crippen LogP contribution in [0.5, 0.6) is 5.75 Å². The van der Waals surface area contributed by atoms with E-state index in [1.807, 2.05) is 37.4 Å². The number of anilines is 1. The molecule has 0 fully saturated rings. The predicted octanol–water partition coefficient (Wildman–Crippen LogP) is 5.04. The summed E-state index contributed by atoms with van der Waals surface area (Å²) in [6.45, 7) is 5.85. The Morgan fingerprint density at radius 1 is 1.03 bits per heavy atom. The van der Waals surface area contributed by atoms with Crippen LogP contribution in [0.4, 0.5) is 10.1 Å². The molecule has 0 bridgehead atoms. The van der Waals surface area contributed by atoms with Crippen LogP contribution in [0.2, 0.25) is 0 Å². The summed E-state index contributed by atoms with van der Waals surface area (Å²) in [6, 6.07) is 13.6. The van der Waals surface area contributed by atoms with Crippen LogP contribution >= 0.6 is 0 Å². The van der Waals surface area contributed by atoms with Crippen molar-refractivity contribution in [3.05, 3.63) is 77.0 Å². The largest absolute Gasteiger partial charge is 0.497 e. The molecule has 2 aromatic heterocycles. The lowest BCUT2D eigenvalue weighted by molar-refractivity contribution is -0.116. The van der Waals surface area contributed by atoms with Crippen LogP contribution in [0.1, 0.15) is 29.1 Å². The molecule has 6 nitrogen and oxygen atoms in total. The summed E-state index contributed by atoms with van der Waals surface area (Å²) in [7, 11) is 1.60. The third-order valence-corrected chi connectivity index (χ3v) is 5.61. The van der Waals surface area contributed by atoms with E-state index >= 15 is 0 Å². The maximum Gasteiger partial charge on any atom is 0.224 e. The molecule has 1 N–H and O–H groups in total. The van der Waals surface area contributed by atoms with E-state index in [1.165, 1.54) is 12.1 Å². The highest BCUT2D eigenvalue weighted by Gasteiger charge is 2.18. The van der Waals surface area contributed by atoms with E-state index in [4.69, 9.17) is 9.72 Å². The lowest BCUT2D eigenvalue weighted by Gasteiger charge is -2.12. The van der Waals surface area contributed by atoms with Gasteiger partial charge in [-0.15, -0.1) is 0 Å². The number of hydrogen-bond donors (Lipinski definition) is 1. The van der Waals surface area contributed by atoms with E-state index in [9.17, 15) is 9.18 Å². The van der Waals surface area contributed by atoms with Gasteiger partial charge in [0.2, 0.25) is 5.91 Å². The molecule has 0 aliphatic heterocycles. The standard InChI is InChI=1S/C25H25FN4O2/c1-15-22(13-14-23(31)28-20-9-11-21(32-4)12-10-20)17(3)30-25(27-15)24(16(2)29-30)18-5-7-19(26)8-6-18/h5-12H,13-14H2,1-4H3,(H,28,31). The average molecular weight is 432 g/mol. The molecule has 2 aromatic carbocycles. The Balaban J connectivity index is 1.57. The summed E-state index contributed by atoms with van der Waals surface area (Å²) < 4.78 is 20.3. The van der Waals surface area contributed by atoms with Crippen LogP contribution in [-0.4, -0.2) is 27.6 Å². The van der Waals surface area contributed by atoms with Gasteiger partial charge in [-0.1, -0.05) is 12.1 Å². The molecular formula is C25H25FN4O2. The van der Waals surface area contributed by atoms with E-state index in [1.54, 1.807) is 31.4 Å². The Morgan fingerprint density at radius 3 is 2.38 bits per heavy atom. The average Bonchev–Trinajstić information content (AvgIpc) is 3.10. The number of ether oxygens (including phenoxy) is 1. The Bertz CT molecular complexity index is 1280. The van der Waals surface area contributed by atoms with Crippen molar-refractivity contribution in [2.45, 2.75) is 33.6 Å². The molecule has 4 aromatic rings. The minimum absolute atomic E-state index is 0.0716. The van der Waals surface area contributed by atoms with Crippen LogP contribution in [0.15, 0.2) is 48.5 Å². The number of fused-ring (bicyclic) bond motifs is 1. The summed E-state index contributed by atoms with van der Waals surface area (Å²) in [4.78, 5) is 17.3. The number of aromatic nitrogens is 3. The van der Waals surface area contributed by atoms with Crippen molar-refractivity contribution in [1.29, 1.82) is 0 Å². The van der Waals surface area contributed by atoms with Gasteiger partial charge in [0.1, 0.15) is 11.6 Å². The van der Waals surface area contributed by atoms with Crippen molar-refractivity contribution < 1.29 is 13.9 Å². The van der Waals surface area contributed by atoms with Crippen molar-refractivity contribution in [2.24, 2.45) is 0 Å². The van der Waals surface area contributed by atoms with Crippen molar-refractivity contribution in [1.82, 2.24) is 14.6 Å². The molecule has 4 rings (SSSR count). The molecule has 0 saturated carbocycles. The van der Waals surface area contributed by atoms with E-state index in [0.717, 1.165) is 50.9 Å². The maximum absolute atomic E-state index is 13.4. The molecule has 0 atom stereocenters. The highest BCUT2D eigenvalue weighted by molar-refractivity contribution is 5.91. The van der Waals surface area contributed by atoms with Gasteiger partial charge in [-0.3, -0.25) is 4.79 Å². The van der Waals surface area contributed by atoms with Crippen LogP contribution in [0.25, 0.3) is 16.8 Å². The number of carbonyl (C=O) groups is 1. The van der Waals surface area contributed by atoms with E-state index < -0.39 is 0 Å². The van der Waals surface area contributed by atoms with Gasteiger partial charge in [0.15, 0.2) is 5.65 Å². The summed E-state index contributed by atoms with van der Waals surface area (Å²) in [6.07, 6.45) is 0.874. The third kappa shape index (κ3) is 4.19. The second-order valence-corrected chi connectivity index (χ2v) is 7.74. The molecule has 0 radical (unpaired) electrons. The fourth-order valence-corrected chi connectivity index (χ4v) is 3.92. The van der Waals surface area contributed by atoms with E-state index in [-0.39, 0.29) is 11.7 Å². The van der Waals surface area contributed by atoms with Gasteiger partial charge >= 0.3 is 0 Å². The van der Waals surface area contributed by atoms with Gasteiger partial charge in [0, 0.05) is 29.1 Å². The number of nitrogens with one attached hydrogen (secondary N) is 1. The number of halogens is 1. The fraction of sp³-hybridized carbons (Fsp3) is 0.240. The first-order valence-electron chi connectivity index (χ1n) is 10.4. The first-order valence-corrected chi connectivity index (χ1v) is 10.4. The number of amides is 1. The molecule has 1 amide bonds. The Kier molecular flexibility index (Phi) is 5.90. The van der Waals surface area contributed by atoms with Crippen LogP contribution < -0.4 is 10.1 Å². The van der Waals surface area contributed by atoms with Crippen LogP contribution in [-0.2, 0) is 11.2 Å². The zero-order chi connectivity index (χ0) is 22.8. The van der Waals surface area contributed by atoms with Gasteiger partial charge in [-0.05, 0) is 74.7 Å². The highest BCUT2D eigenvalue weighted by Crippen LogP contribution is 2.29. The molecule has 32 heavy (non-hydrogen) atoms. The van der Waals surface area contributed by atoms with Gasteiger partial charge in [-0.2, -0.15) is 5.10 Å². The zero-order valence-electron chi connectivity index (χ0n) is 18.6. The molecule has 0 unspecified atom stereocenters. The smallest absolute Gasteiger partial charge is 0.224 e. The van der Waals surface area contributed by atoms with Crippen molar-refractivity contribution in [2.75, 3.05) is 12.4 Å². The molecule has 0 saturated heterocycles. The molecule has 164 valence electrons. The summed E-state index contributed by atoms with van der Waals surface area (Å²) in [5.41, 5.74) is 6.84. The second kappa shape index (κ2) is 8.78. The molecule has 2 heterocycles. The summed E-state index contributed by atoms with van der Waals surface area (Å²) >= 11 is 0. The molecule has 0 spiro atoms. The topological polar surface area (TPSA) is 68.5 Å². The number of benzene rings is 2. The van der Waals surface area contributed by atoms with Crippen molar-refractivity contribution in [3.8, 4) is 16.9 Å². The Morgan fingerprint density at radius 2 is 1.72 bits per heavy atom. The van der Waals surface area contributed by atoms with Gasteiger partial charge in [0.05, 0.1) is 12.8 Å². The molecular weight excluding hydrogens is 407 g/mol. The highest BCUT2D eigenvalue weighted by atomic mass is 19.1. The van der Waals surface area contributed by atoms with E-state index in [2.05, 4.69) is 10.4 Å². The number of hydrogen-bond acceptors (Lipinski definition) is 4. The fourth-order valence-electron chi connectivity index (χ4n) is 3.92. The monoisotopic (exact) mass is 432 g/mol. The maximum atomic E-state index is 13.4. The second-order valence-electron chi connectivity index (χ2n) is 7.74. The molecule has 0 aliphatic carbocycles. The van der Waals surface area contributed by atoms with Gasteiger partial charge in [0.25, 0.3) is 0 Å². The van der Waals surface area contributed by atoms with Crippen LogP contribution in [0.3, 0.4) is 0 Å². The first kappa shape index (κ1) is 21.5. The van der Waals surface area contributed by atoms with Crippen molar-refractivity contribution in [3.63, 3.8) is 0 Å². The number of aryl methyl sites for hydroxylation is 3. The molecule has 0 aliphatic rings. The SMILES string of the molecule is COc1ccc(NC(=O)CCc2c(C)nc3c(-c4ccc(F)cc4)c(C)nn3c2C)cc1. The van der Waals surface area contributed by atoms with Gasteiger partial charge < -0.3 is 10.1 Å². The Hall–Kier alpha value is -3.74. The number of carbonyl (C=O) groups excluding carboxylic acids is 1. The van der Waals surface area contributed by atoms with E-state index in [0.29, 0.717) is 12.8 Å². The molecule has 7 heteroatoms. The van der Waals surface area contributed by atoms with Crippen molar-refractivity contribution >= 4 is 17.2 Å². The lowest BCUT2D eigenvalue weighted by atomic mass is 10.0. The zero-order valence-corrected chi connectivity index (χ0v) is 18.6. The minimum atomic E-state index is -0.279. The first-order chi connectivity index (χ1) is 15.4. The summed E-state index contributed by atoms with van der Waals surface area (Å²) in [5, 5.41) is 7.58. The van der Waals surface area contributed by atoms with Crippen LogP contribution in [0, 0.1) is 26.6 Å². The minimum Gasteiger partial charge on any atom is -0.497 e. The lowest BCUT2D eigenvalue weighted by Crippen LogP contribution is -2.14. The van der Waals surface area contributed by atoms with Gasteiger partial charge in [-0.25, -0.2) is 13.9 Å². The number of methoxy groups -OCH3 is 1. The quantitative estimate of drug-likeness (QED) is 0.463. The Labute approximate surface area is 186 Å². The number of nitrogens with zero attached hydrogens (tertiary/aromatic N) is 3. The third-order valence-electron chi connectivity index (χ3n) is 5.61.